The number of ether oxygens (including phenoxy) is 1. The Labute approximate surface area is 105 Å². The summed E-state index contributed by atoms with van der Waals surface area (Å²) in [5, 5.41) is 0. The number of pyridine rings is 1. The molecule has 0 amide bonds. The minimum atomic E-state index is -0.130. The molecule has 1 aliphatic heterocycles. The zero-order valence-corrected chi connectivity index (χ0v) is 9.87. The lowest BCUT2D eigenvalue weighted by Crippen LogP contribution is -2.16. The summed E-state index contributed by atoms with van der Waals surface area (Å²) in [6, 6.07) is 11.5. The van der Waals surface area contributed by atoms with Gasteiger partial charge in [-0.1, -0.05) is 18.2 Å². The Kier molecular flexibility index (Phi) is 2.81. The van der Waals surface area contributed by atoms with Gasteiger partial charge >= 0.3 is 0 Å². The SMILES string of the molecule is O=C(Cc1ccncc1)C1COc2ccccc21. The van der Waals surface area contributed by atoms with Crippen molar-refractivity contribution in [3.63, 3.8) is 0 Å². The van der Waals surface area contributed by atoms with Gasteiger partial charge in [-0.05, 0) is 23.8 Å². The van der Waals surface area contributed by atoms with Crippen molar-refractivity contribution in [1.82, 2.24) is 4.98 Å². The van der Waals surface area contributed by atoms with Crippen LogP contribution in [0.25, 0.3) is 0 Å². The number of rotatable bonds is 3. The van der Waals surface area contributed by atoms with Crippen molar-refractivity contribution in [3.05, 3.63) is 59.9 Å². The third-order valence-corrected chi connectivity index (χ3v) is 3.22. The number of hydrogen-bond acceptors (Lipinski definition) is 3. The number of fused-ring (bicyclic) bond motifs is 1. The number of aromatic nitrogens is 1. The van der Waals surface area contributed by atoms with Gasteiger partial charge in [0, 0.05) is 24.4 Å². The molecule has 0 fully saturated rings. The summed E-state index contributed by atoms with van der Waals surface area (Å²) in [5.74, 6) is 0.908. The Morgan fingerprint density at radius 2 is 2.00 bits per heavy atom. The molecule has 0 saturated carbocycles. The summed E-state index contributed by atoms with van der Waals surface area (Å²) in [5.41, 5.74) is 2.01. The molecule has 0 aliphatic carbocycles. The summed E-state index contributed by atoms with van der Waals surface area (Å²) in [6.45, 7) is 0.462. The molecule has 1 unspecified atom stereocenters. The maximum atomic E-state index is 12.3. The van der Waals surface area contributed by atoms with Gasteiger partial charge in [-0.15, -0.1) is 0 Å². The van der Waals surface area contributed by atoms with E-state index >= 15 is 0 Å². The summed E-state index contributed by atoms with van der Waals surface area (Å²) in [4.78, 5) is 16.2. The third kappa shape index (κ3) is 1.99. The molecule has 1 atom stereocenters. The van der Waals surface area contributed by atoms with Crippen LogP contribution in [0.5, 0.6) is 5.75 Å². The van der Waals surface area contributed by atoms with Crippen molar-refractivity contribution in [3.8, 4) is 5.75 Å². The minimum Gasteiger partial charge on any atom is -0.492 e. The van der Waals surface area contributed by atoms with Gasteiger partial charge in [0.2, 0.25) is 0 Å². The zero-order valence-electron chi connectivity index (χ0n) is 9.87. The maximum absolute atomic E-state index is 12.3. The normalized spacial score (nSPS) is 17.0. The summed E-state index contributed by atoms with van der Waals surface area (Å²) in [7, 11) is 0. The second kappa shape index (κ2) is 4.61. The first-order valence-electron chi connectivity index (χ1n) is 5.98. The van der Waals surface area contributed by atoms with E-state index in [1.165, 1.54) is 0 Å². The molecule has 3 heteroatoms. The molecule has 18 heavy (non-hydrogen) atoms. The maximum Gasteiger partial charge on any atom is 0.148 e. The first-order chi connectivity index (χ1) is 8.84. The van der Waals surface area contributed by atoms with Crippen molar-refractivity contribution in [2.75, 3.05) is 6.61 Å². The van der Waals surface area contributed by atoms with Crippen LogP contribution >= 0.6 is 0 Å². The molecule has 3 rings (SSSR count). The fraction of sp³-hybridized carbons (Fsp3) is 0.200. The van der Waals surface area contributed by atoms with Gasteiger partial charge in [0.1, 0.15) is 18.1 Å². The molecule has 0 bridgehead atoms. The van der Waals surface area contributed by atoms with Crippen LogP contribution in [0.15, 0.2) is 48.8 Å². The topological polar surface area (TPSA) is 39.2 Å². The zero-order chi connectivity index (χ0) is 12.4. The number of nitrogens with zero attached hydrogens (tertiary/aromatic N) is 1. The Morgan fingerprint density at radius 3 is 2.83 bits per heavy atom. The van der Waals surface area contributed by atoms with Crippen LogP contribution in [0.3, 0.4) is 0 Å². The quantitative estimate of drug-likeness (QED) is 0.825. The Bertz CT molecular complexity index is 566. The van der Waals surface area contributed by atoms with Crippen LogP contribution < -0.4 is 4.74 Å². The van der Waals surface area contributed by atoms with Crippen molar-refractivity contribution in [1.29, 1.82) is 0 Å². The molecule has 1 aliphatic rings. The fourth-order valence-electron chi connectivity index (χ4n) is 2.25. The molecule has 0 N–H and O–H groups in total. The summed E-state index contributed by atoms with van der Waals surface area (Å²) >= 11 is 0. The second-order valence-corrected chi connectivity index (χ2v) is 4.40. The van der Waals surface area contributed by atoms with E-state index in [0.29, 0.717) is 13.0 Å². The van der Waals surface area contributed by atoms with Gasteiger partial charge in [0.05, 0.1) is 5.92 Å². The van der Waals surface area contributed by atoms with Gasteiger partial charge in [-0.25, -0.2) is 0 Å². The number of carbonyl (C=O) groups is 1. The van der Waals surface area contributed by atoms with Crippen LogP contribution in [0.4, 0.5) is 0 Å². The number of benzene rings is 1. The van der Waals surface area contributed by atoms with Crippen LogP contribution in [0.1, 0.15) is 17.0 Å². The Balaban J connectivity index is 1.79. The first-order valence-corrected chi connectivity index (χ1v) is 5.98. The minimum absolute atomic E-state index is 0.130. The predicted octanol–water partition coefficient (Wildman–Crippen LogP) is 2.37. The number of carbonyl (C=O) groups excluding carboxylic acids is 1. The first kappa shape index (κ1) is 11.0. The van der Waals surface area contributed by atoms with E-state index in [1.807, 2.05) is 36.4 Å². The molecule has 1 aromatic heterocycles. The van der Waals surface area contributed by atoms with Gasteiger partial charge in [0.15, 0.2) is 0 Å². The average molecular weight is 239 g/mol. The highest BCUT2D eigenvalue weighted by molar-refractivity contribution is 5.89. The lowest BCUT2D eigenvalue weighted by Gasteiger charge is -2.07. The number of Topliss-reactive ketones (excluding diaryl/α,β-unsaturated/α-hetero) is 1. The van der Waals surface area contributed by atoms with Crippen LogP contribution in [-0.2, 0) is 11.2 Å². The van der Waals surface area contributed by atoms with E-state index in [4.69, 9.17) is 4.74 Å². The molecule has 1 aromatic carbocycles. The van der Waals surface area contributed by atoms with E-state index in [-0.39, 0.29) is 11.7 Å². The van der Waals surface area contributed by atoms with Crippen molar-refractivity contribution < 1.29 is 9.53 Å². The predicted molar refractivity (Wildman–Crippen MR) is 67.6 cm³/mol. The highest BCUT2D eigenvalue weighted by Crippen LogP contribution is 2.34. The largest absolute Gasteiger partial charge is 0.492 e. The average Bonchev–Trinajstić information content (AvgIpc) is 2.84. The molecule has 0 radical (unpaired) electrons. The molecular formula is C15H13NO2. The number of hydrogen-bond donors (Lipinski definition) is 0. The number of ketones is 1. The molecule has 90 valence electrons. The highest BCUT2D eigenvalue weighted by Gasteiger charge is 2.29. The van der Waals surface area contributed by atoms with E-state index in [1.54, 1.807) is 12.4 Å². The lowest BCUT2D eigenvalue weighted by molar-refractivity contribution is -0.120. The molecule has 0 saturated heterocycles. The standard InChI is InChI=1S/C15H13NO2/c17-14(9-11-5-7-16-8-6-11)13-10-18-15-4-2-1-3-12(13)15/h1-8,13H,9-10H2. The molecule has 3 nitrogen and oxygen atoms in total. The van der Waals surface area contributed by atoms with E-state index in [9.17, 15) is 4.79 Å². The fourth-order valence-corrected chi connectivity index (χ4v) is 2.25. The molecule has 0 spiro atoms. The van der Waals surface area contributed by atoms with Crippen LogP contribution in [-0.4, -0.2) is 17.4 Å². The summed E-state index contributed by atoms with van der Waals surface area (Å²) in [6.07, 6.45) is 3.86. The molecular weight excluding hydrogens is 226 g/mol. The molecule has 2 heterocycles. The van der Waals surface area contributed by atoms with Crippen LogP contribution in [0.2, 0.25) is 0 Å². The van der Waals surface area contributed by atoms with E-state index < -0.39 is 0 Å². The summed E-state index contributed by atoms with van der Waals surface area (Å²) < 4.78 is 5.54. The third-order valence-electron chi connectivity index (χ3n) is 3.22. The van der Waals surface area contributed by atoms with Crippen molar-refractivity contribution >= 4 is 5.78 Å². The van der Waals surface area contributed by atoms with Gasteiger partial charge in [-0.3, -0.25) is 9.78 Å². The van der Waals surface area contributed by atoms with Gasteiger partial charge < -0.3 is 4.74 Å². The van der Waals surface area contributed by atoms with Crippen molar-refractivity contribution in [2.24, 2.45) is 0 Å². The van der Waals surface area contributed by atoms with Gasteiger partial charge in [-0.2, -0.15) is 0 Å². The second-order valence-electron chi connectivity index (χ2n) is 4.40. The van der Waals surface area contributed by atoms with E-state index in [0.717, 1.165) is 16.9 Å². The smallest absolute Gasteiger partial charge is 0.148 e. The highest BCUT2D eigenvalue weighted by atomic mass is 16.5. The number of para-hydroxylation sites is 1. The van der Waals surface area contributed by atoms with Gasteiger partial charge in [0.25, 0.3) is 0 Å². The Hall–Kier alpha value is -2.16. The monoisotopic (exact) mass is 239 g/mol. The Morgan fingerprint density at radius 1 is 1.22 bits per heavy atom. The molecule has 2 aromatic rings. The lowest BCUT2D eigenvalue weighted by atomic mass is 9.93. The van der Waals surface area contributed by atoms with Crippen molar-refractivity contribution in [2.45, 2.75) is 12.3 Å². The van der Waals surface area contributed by atoms with E-state index in [2.05, 4.69) is 4.98 Å². The van der Waals surface area contributed by atoms with Crippen LogP contribution in [0, 0.1) is 0 Å².